The molecule has 42 heavy (non-hydrogen) atoms. The Hall–Kier alpha value is -4.30. The maximum Gasteiger partial charge on any atom is 0.415 e. The zero-order chi connectivity index (χ0) is 30.2. The molecule has 1 aliphatic rings. The van der Waals surface area contributed by atoms with E-state index in [1.54, 1.807) is 74.8 Å². The van der Waals surface area contributed by atoms with Crippen LogP contribution in [0.4, 0.5) is 22.1 Å². The lowest BCUT2D eigenvalue weighted by atomic mass is 10.1. The van der Waals surface area contributed by atoms with Crippen LogP contribution < -0.4 is 15.8 Å². The van der Waals surface area contributed by atoms with Gasteiger partial charge in [-0.3, -0.25) is 9.69 Å². The summed E-state index contributed by atoms with van der Waals surface area (Å²) in [7, 11) is 3.21. The van der Waals surface area contributed by atoms with E-state index in [9.17, 15) is 9.59 Å². The molecule has 224 valence electrons. The fourth-order valence-electron chi connectivity index (χ4n) is 4.76. The van der Waals surface area contributed by atoms with E-state index >= 15 is 0 Å². The molecule has 1 N–H and O–H groups in total. The van der Waals surface area contributed by atoms with Crippen LogP contribution >= 0.6 is 0 Å². The van der Waals surface area contributed by atoms with Crippen LogP contribution in [0, 0.1) is 0 Å². The number of carbonyl (C=O) groups is 1. The van der Waals surface area contributed by atoms with E-state index in [0.29, 0.717) is 53.9 Å². The van der Waals surface area contributed by atoms with E-state index in [1.807, 2.05) is 20.0 Å². The Morgan fingerprint density at radius 3 is 2.76 bits per heavy atom. The number of methoxy groups -OCH3 is 1. The number of hydrogen-bond donors (Lipinski definition) is 1. The van der Waals surface area contributed by atoms with Crippen LogP contribution in [0.25, 0.3) is 16.9 Å². The molecule has 4 aromatic heterocycles. The fourth-order valence-corrected chi connectivity index (χ4v) is 4.76. The zero-order valence-corrected chi connectivity index (χ0v) is 24.9. The van der Waals surface area contributed by atoms with E-state index in [0.717, 1.165) is 0 Å². The van der Waals surface area contributed by atoms with E-state index in [2.05, 4.69) is 20.7 Å². The summed E-state index contributed by atoms with van der Waals surface area (Å²) in [5, 5.41) is 16.2. The molecule has 1 saturated heterocycles. The molecule has 1 fully saturated rings. The average Bonchev–Trinajstić information content (AvgIpc) is 3.60. The SMILES string of the molecule is CO[C@@H]1COCC[C@@H]1n1cccc(Nc2cc(N(C)C(=O)OC(C)(C)C)n3ncc(-c4cn(C(C)C)nn4)c3n2)c1=O. The van der Waals surface area contributed by atoms with Gasteiger partial charge >= 0.3 is 6.09 Å². The molecule has 0 unspecified atom stereocenters. The molecule has 0 aromatic carbocycles. The normalized spacial score (nSPS) is 17.5. The summed E-state index contributed by atoms with van der Waals surface area (Å²) in [4.78, 5) is 32.9. The molecule has 14 nitrogen and oxygen atoms in total. The maximum absolute atomic E-state index is 13.6. The first kappa shape index (κ1) is 29.2. The van der Waals surface area contributed by atoms with Crippen LogP contribution in [0.2, 0.25) is 0 Å². The van der Waals surface area contributed by atoms with E-state index in [-0.39, 0.29) is 23.7 Å². The monoisotopic (exact) mass is 579 g/mol. The average molecular weight is 580 g/mol. The Balaban J connectivity index is 1.59. The number of aromatic nitrogens is 7. The van der Waals surface area contributed by atoms with Crippen LogP contribution in [-0.2, 0) is 14.2 Å². The second-order valence-corrected chi connectivity index (χ2v) is 11.5. The second-order valence-electron chi connectivity index (χ2n) is 11.5. The summed E-state index contributed by atoms with van der Waals surface area (Å²) in [6, 6.07) is 5.07. The van der Waals surface area contributed by atoms with Gasteiger partial charge in [-0.2, -0.15) is 9.61 Å². The summed E-state index contributed by atoms with van der Waals surface area (Å²) >= 11 is 0. The first-order valence-electron chi connectivity index (χ1n) is 13.8. The van der Waals surface area contributed by atoms with Crippen molar-refractivity contribution in [1.29, 1.82) is 0 Å². The van der Waals surface area contributed by atoms with Crippen molar-refractivity contribution < 1.29 is 19.0 Å². The van der Waals surface area contributed by atoms with Gasteiger partial charge in [0.2, 0.25) is 0 Å². The van der Waals surface area contributed by atoms with Gasteiger partial charge in [0, 0.05) is 39.1 Å². The van der Waals surface area contributed by atoms with Gasteiger partial charge in [0.05, 0.1) is 30.6 Å². The molecule has 0 saturated carbocycles. The minimum Gasteiger partial charge on any atom is -0.443 e. The predicted octanol–water partition coefficient (Wildman–Crippen LogP) is 3.82. The third-order valence-electron chi connectivity index (χ3n) is 6.95. The van der Waals surface area contributed by atoms with Crippen LogP contribution in [0.1, 0.15) is 53.1 Å². The number of carbonyl (C=O) groups excluding carboxylic acids is 1. The number of amides is 1. The van der Waals surface area contributed by atoms with Crippen LogP contribution in [0.5, 0.6) is 0 Å². The second kappa shape index (κ2) is 11.5. The molecule has 0 aliphatic carbocycles. The molecule has 14 heteroatoms. The molecule has 0 radical (unpaired) electrons. The minimum absolute atomic E-state index is 0.112. The lowest BCUT2D eigenvalue weighted by Crippen LogP contribution is -2.40. The molecule has 2 atom stereocenters. The standard InChI is InChI=1S/C28H37N9O5/c1-17(2)36-15-20(32-33-36)18-14-29-37-24(34(6)27(39)42-28(3,4)5)13-23(31-25(18)37)30-19-9-8-11-35(26(19)38)21-10-12-41-16-22(21)40-7/h8-9,11,13-15,17,21-22H,10,12,16H2,1-7H3,(H,30,31)/t21-,22+/m0/s1. The Morgan fingerprint density at radius 2 is 2.07 bits per heavy atom. The van der Waals surface area contributed by atoms with E-state index in [1.165, 1.54) is 9.42 Å². The molecule has 1 aliphatic heterocycles. The quantitative estimate of drug-likeness (QED) is 0.343. The third-order valence-corrected chi connectivity index (χ3v) is 6.95. The first-order chi connectivity index (χ1) is 20.0. The highest BCUT2D eigenvalue weighted by atomic mass is 16.6. The highest BCUT2D eigenvalue weighted by Gasteiger charge is 2.29. The first-order valence-corrected chi connectivity index (χ1v) is 13.8. The summed E-state index contributed by atoms with van der Waals surface area (Å²) in [5.74, 6) is 0.704. The Bertz CT molecular complexity index is 1630. The fraction of sp³-hybridized carbons (Fsp3) is 0.500. The van der Waals surface area contributed by atoms with Gasteiger partial charge in [0.1, 0.15) is 34.7 Å². The molecule has 0 spiro atoms. The highest BCUT2D eigenvalue weighted by Crippen LogP contribution is 2.29. The molecular weight excluding hydrogens is 542 g/mol. The number of hydrogen-bond acceptors (Lipinski definition) is 10. The molecule has 5 rings (SSSR count). The number of pyridine rings is 1. The summed E-state index contributed by atoms with van der Waals surface area (Å²) in [6.07, 6.45) is 5.02. The summed E-state index contributed by atoms with van der Waals surface area (Å²) in [5.41, 5.74) is 0.975. The lowest BCUT2D eigenvalue weighted by Gasteiger charge is -2.32. The Labute approximate surface area is 243 Å². The number of ether oxygens (including phenoxy) is 3. The molecule has 4 aromatic rings. The van der Waals surface area contributed by atoms with Crippen LogP contribution in [0.3, 0.4) is 0 Å². The predicted molar refractivity (Wildman–Crippen MR) is 156 cm³/mol. The van der Waals surface area contributed by atoms with Gasteiger partial charge in [-0.25, -0.2) is 14.5 Å². The van der Waals surface area contributed by atoms with Crippen molar-refractivity contribution in [3.63, 3.8) is 0 Å². The smallest absolute Gasteiger partial charge is 0.415 e. The van der Waals surface area contributed by atoms with Crippen molar-refractivity contribution in [2.24, 2.45) is 0 Å². The number of fused-ring (bicyclic) bond motifs is 1. The largest absolute Gasteiger partial charge is 0.443 e. The third kappa shape index (κ3) is 5.85. The topological polar surface area (TPSA) is 143 Å². The van der Waals surface area contributed by atoms with Crippen molar-refractivity contribution in [3.05, 3.63) is 47.1 Å². The van der Waals surface area contributed by atoms with Crippen molar-refractivity contribution in [1.82, 2.24) is 34.2 Å². The van der Waals surface area contributed by atoms with Gasteiger partial charge < -0.3 is 24.1 Å². The van der Waals surface area contributed by atoms with Crippen molar-refractivity contribution in [2.45, 2.75) is 64.8 Å². The Kier molecular flexibility index (Phi) is 8.01. The number of nitrogens with one attached hydrogen (secondary N) is 1. The number of rotatable bonds is 7. The number of anilines is 3. The van der Waals surface area contributed by atoms with Gasteiger partial charge in [-0.1, -0.05) is 5.21 Å². The van der Waals surface area contributed by atoms with Crippen molar-refractivity contribution in [3.8, 4) is 11.3 Å². The molecule has 0 bridgehead atoms. The molecule has 1 amide bonds. The van der Waals surface area contributed by atoms with Crippen LogP contribution in [-0.4, -0.2) is 79.3 Å². The van der Waals surface area contributed by atoms with Crippen molar-refractivity contribution >= 4 is 29.1 Å². The Morgan fingerprint density at radius 1 is 1.29 bits per heavy atom. The maximum atomic E-state index is 13.6. The van der Waals surface area contributed by atoms with Gasteiger partial charge in [-0.15, -0.1) is 5.10 Å². The van der Waals surface area contributed by atoms with Gasteiger partial charge in [0.15, 0.2) is 5.65 Å². The van der Waals surface area contributed by atoms with Gasteiger partial charge in [-0.05, 0) is 53.2 Å². The molecule has 5 heterocycles. The van der Waals surface area contributed by atoms with Crippen molar-refractivity contribution in [2.75, 3.05) is 37.6 Å². The summed E-state index contributed by atoms with van der Waals surface area (Å²) in [6.45, 7) is 10.4. The van der Waals surface area contributed by atoms with Gasteiger partial charge in [0.25, 0.3) is 5.56 Å². The zero-order valence-electron chi connectivity index (χ0n) is 24.9. The van der Waals surface area contributed by atoms with E-state index < -0.39 is 11.7 Å². The van der Waals surface area contributed by atoms with Crippen LogP contribution in [0.15, 0.2) is 41.6 Å². The minimum atomic E-state index is -0.706. The highest BCUT2D eigenvalue weighted by molar-refractivity contribution is 5.88. The van der Waals surface area contributed by atoms with E-state index in [4.69, 9.17) is 19.2 Å². The lowest BCUT2D eigenvalue weighted by molar-refractivity contribution is -0.0609. The summed E-state index contributed by atoms with van der Waals surface area (Å²) < 4.78 is 21.7. The number of nitrogens with zero attached hydrogens (tertiary/aromatic N) is 8. The molecular formula is C28H37N9O5.